The van der Waals surface area contributed by atoms with E-state index in [1.54, 1.807) is 0 Å². The predicted molar refractivity (Wildman–Crippen MR) is 108 cm³/mol. The Bertz CT molecular complexity index is 822. The van der Waals surface area contributed by atoms with Crippen molar-refractivity contribution in [2.75, 3.05) is 19.7 Å². The van der Waals surface area contributed by atoms with Gasteiger partial charge in [0.15, 0.2) is 0 Å². The molecule has 1 fully saturated rings. The van der Waals surface area contributed by atoms with Gasteiger partial charge in [-0.3, -0.25) is 4.79 Å². The highest BCUT2D eigenvalue weighted by Gasteiger charge is 2.20. The Balaban J connectivity index is 1.41. The van der Waals surface area contributed by atoms with Gasteiger partial charge in [-0.1, -0.05) is 36.4 Å². The molecule has 148 valence electrons. The molecule has 1 saturated heterocycles. The number of likely N-dealkylation sites (tertiary alicyclic amines) is 1. The average molecular weight is 381 g/mol. The summed E-state index contributed by atoms with van der Waals surface area (Å²) in [6.45, 7) is 4.66. The second-order valence-corrected chi connectivity index (χ2v) is 6.96. The number of urea groups is 1. The highest BCUT2D eigenvalue weighted by atomic mass is 16.5. The number of aryl methyl sites for hydroxylation is 1. The van der Waals surface area contributed by atoms with E-state index in [2.05, 4.69) is 10.6 Å². The fraction of sp³-hybridized carbons (Fsp3) is 0.364. The molecule has 3 amide bonds. The number of hydrogen-bond acceptors (Lipinski definition) is 3. The number of rotatable bonds is 8. The SMILES string of the molecule is Cc1cccc(OCCNC(=O)NCc2ccccc2CN2CCCC2=O)c1. The zero-order valence-corrected chi connectivity index (χ0v) is 16.2. The molecule has 28 heavy (non-hydrogen) atoms. The number of hydrogen-bond donors (Lipinski definition) is 2. The molecule has 0 saturated carbocycles. The summed E-state index contributed by atoms with van der Waals surface area (Å²) in [5.41, 5.74) is 3.23. The zero-order chi connectivity index (χ0) is 19.8. The molecule has 0 spiro atoms. The first-order valence-corrected chi connectivity index (χ1v) is 9.67. The maximum atomic E-state index is 12.0. The molecule has 3 rings (SSSR count). The third-order valence-electron chi connectivity index (χ3n) is 4.74. The molecule has 0 unspecified atom stereocenters. The van der Waals surface area contributed by atoms with Crippen molar-refractivity contribution in [1.29, 1.82) is 0 Å². The van der Waals surface area contributed by atoms with Crippen LogP contribution in [0.5, 0.6) is 5.75 Å². The number of amides is 3. The van der Waals surface area contributed by atoms with Gasteiger partial charge >= 0.3 is 6.03 Å². The molecule has 0 aliphatic carbocycles. The number of carbonyl (C=O) groups is 2. The summed E-state index contributed by atoms with van der Waals surface area (Å²) in [5, 5.41) is 5.67. The van der Waals surface area contributed by atoms with Crippen LogP contribution in [0.2, 0.25) is 0 Å². The lowest BCUT2D eigenvalue weighted by Crippen LogP contribution is -2.37. The molecular weight excluding hydrogens is 354 g/mol. The van der Waals surface area contributed by atoms with Crippen LogP contribution in [0.25, 0.3) is 0 Å². The lowest BCUT2D eigenvalue weighted by atomic mass is 10.1. The minimum absolute atomic E-state index is 0.203. The molecule has 6 nitrogen and oxygen atoms in total. The Morgan fingerprint density at radius 2 is 1.93 bits per heavy atom. The highest BCUT2D eigenvalue weighted by Crippen LogP contribution is 2.17. The van der Waals surface area contributed by atoms with Gasteiger partial charge in [-0.15, -0.1) is 0 Å². The van der Waals surface area contributed by atoms with Crippen molar-refractivity contribution in [2.45, 2.75) is 32.9 Å². The van der Waals surface area contributed by atoms with E-state index < -0.39 is 0 Å². The van der Waals surface area contributed by atoms with Crippen molar-refractivity contribution < 1.29 is 14.3 Å². The number of nitrogens with zero attached hydrogens (tertiary/aromatic N) is 1. The molecule has 2 aromatic rings. The summed E-state index contributed by atoms with van der Waals surface area (Å²) in [6.07, 6.45) is 1.56. The maximum absolute atomic E-state index is 12.0. The van der Waals surface area contributed by atoms with E-state index in [0.29, 0.717) is 32.7 Å². The van der Waals surface area contributed by atoms with Gasteiger partial charge in [0.25, 0.3) is 0 Å². The van der Waals surface area contributed by atoms with Crippen molar-refractivity contribution in [3.05, 3.63) is 65.2 Å². The van der Waals surface area contributed by atoms with E-state index >= 15 is 0 Å². The Kier molecular flexibility index (Phi) is 6.89. The van der Waals surface area contributed by atoms with E-state index in [1.165, 1.54) is 0 Å². The number of ether oxygens (including phenoxy) is 1. The Hall–Kier alpha value is -3.02. The van der Waals surface area contributed by atoms with E-state index in [4.69, 9.17) is 4.74 Å². The summed E-state index contributed by atoms with van der Waals surface area (Å²) in [4.78, 5) is 25.8. The van der Waals surface area contributed by atoms with Crippen molar-refractivity contribution in [3.8, 4) is 5.75 Å². The lowest BCUT2D eigenvalue weighted by Gasteiger charge is -2.18. The normalized spacial score (nSPS) is 13.5. The van der Waals surface area contributed by atoms with Crippen molar-refractivity contribution in [2.24, 2.45) is 0 Å². The monoisotopic (exact) mass is 381 g/mol. The minimum Gasteiger partial charge on any atom is -0.492 e. The van der Waals surface area contributed by atoms with Crippen molar-refractivity contribution in [1.82, 2.24) is 15.5 Å². The molecule has 2 N–H and O–H groups in total. The lowest BCUT2D eigenvalue weighted by molar-refractivity contribution is -0.128. The molecule has 0 atom stereocenters. The Morgan fingerprint density at radius 1 is 1.11 bits per heavy atom. The average Bonchev–Trinajstić information content (AvgIpc) is 3.09. The van der Waals surface area contributed by atoms with Gasteiger partial charge in [-0.25, -0.2) is 4.79 Å². The van der Waals surface area contributed by atoms with Crippen LogP contribution in [0.3, 0.4) is 0 Å². The van der Waals surface area contributed by atoms with E-state index in [0.717, 1.165) is 35.4 Å². The summed E-state index contributed by atoms with van der Waals surface area (Å²) in [6, 6.07) is 15.5. The maximum Gasteiger partial charge on any atom is 0.315 e. The van der Waals surface area contributed by atoms with Gasteiger partial charge in [-0.2, -0.15) is 0 Å². The van der Waals surface area contributed by atoms with Crippen LogP contribution in [0.15, 0.2) is 48.5 Å². The van der Waals surface area contributed by atoms with Gasteiger partial charge in [-0.05, 0) is 42.2 Å². The topological polar surface area (TPSA) is 70.7 Å². The van der Waals surface area contributed by atoms with Crippen LogP contribution >= 0.6 is 0 Å². The van der Waals surface area contributed by atoms with Crippen LogP contribution in [-0.4, -0.2) is 36.5 Å². The summed E-state index contributed by atoms with van der Waals surface area (Å²) in [7, 11) is 0. The van der Waals surface area contributed by atoms with Gasteiger partial charge in [0.05, 0.1) is 6.54 Å². The summed E-state index contributed by atoms with van der Waals surface area (Å²) >= 11 is 0. The first-order chi connectivity index (χ1) is 13.6. The largest absolute Gasteiger partial charge is 0.492 e. The molecule has 1 heterocycles. The standard InChI is InChI=1S/C22H27N3O3/c1-17-6-4-9-20(14-17)28-13-11-23-22(27)24-15-18-7-2-3-8-19(18)16-25-12-5-10-21(25)26/h2-4,6-9,14H,5,10-13,15-16H2,1H3,(H2,23,24,27). The van der Waals surface area contributed by atoms with Crippen molar-refractivity contribution >= 4 is 11.9 Å². The number of benzene rings is 2. The molecule has 0 bridgehead atoms. The number of nitrogens with one attached hydrogen (secondary N) is 2. The molecule has 0 radical (unpaired) electrons. The molecule has 0 aromatic heterocycles. The van der Waals surface area contributed by atoms with Gasteiger partial charge in [0, 0.05) is 26.1 Å². The second-order valence-electron chi connectivity index (χ2n) is 6.96. The van der Waals surface area contributed by atoms with Crippen LogP contribution in [0.4, 0.5) is 4.79 Å². The van der Waals surface area contributed by atoms with Gasteiger partial charge < -0.3 is 20.3 Å². The first kappa shape index (κ1) is 19.7. The van der Waals surface area contributed by atoms with E-state index in [-0.39, 0.29) is 11.9 Å². The smallest absolute Gasteiger partial charge is 0.315 e. The molecular formula is C22H27N3O3. The Labute approximate surface area is 165 Å². The first-order valence-electron chi connectivity index (χ1n) is 9.67. The van der Waals surface area contributed by atoms with Gasteiger partial charge in [0.2, 0.25) is 5.91 Å². The molecule has 1 aliphatic rings. The predicted octanol–water partition coefficient (Wildman–Crippen LogP) is 3.00. The van der Waals surface area contributed by atoms with Crippen LogP contribution in [-0.2, 0) is 17.9 Å². The summed E-state index contributed by atoms with van der Waals surface area (Å²) in [5.74, 6) is 1.00. The zero-order valence-electron chi connectivity index (χ0n) is 16.2. The van der Waals surface area contributed by atoms with Crippen molar-refractivity contribution in [3.63, 3.8) is 0 Å². The number of carbonyl (C=O) groups excluding carboxylic acids is 2. The molecule has 2 aromatic carbocycles. The van der Waals surface area contributed by atoms with Crippen LogP contribution in [0, 0.1) is 6.92 Å². The molecule has 1 aliphatic heterocycles. The fourth-order valence-corrected chi connectivity index (χ4v) is 3.24. The van der Waals surface area contributed by atoms with Crippen LogP contribution in [0.1, 0.15) is 29.5 Å². The fourth-order valence-electron chi connectivity index (χ4n) is 3.24. The third-order valence-corrected chi connectivity index (χ3v) is 4.74. The van der Waals surface area contributed by atoms with Crippen LogP contribution < -0.4 is 15.4 Å². The van der Waals surface area contributed by atoms with E-state index in [9.17, 15) is 9.59 Å². The second kappa shape index (κ2) is 9.78. The quantitative estimate of drug-likeness (QED) is 0.691. The van der Waals surface area contributed by atoms with E-state index in [1.807, 2.05) is 60.4 Å². The molecule has 6 heteroatoms. The third kappa shape index (κ3) is 5.74. The van der Waals surface area contributed by atoms with Gasteiger partial charge in [0.1, 0.15) is 12.4 Å². The minimum atomic E-state index is -0.236. The Morgan fingerprint density at radius 3 is 2.68 bits per heavy atom. The highest BCUT2D eigenvalue weighted by molar-refractivity contribution is 5.78. The summed E-state index contributed by atoms with van der Waals surface area (Å²) < 4.78 is 5.62.